The van der Waals surface area contributed by atoms with E-state index in [9.17, 15) is 4.39 Å². The third-order valence-electron chi connectivity index (χ3n) is 4.66. The smallest absolute Gasteiger partial charge is 0.213 e. The lowest BCUT2D eigenvalue weighted by Crippen LogP contribution is -2.14. The van der Waals surface area contributed by atoms with Gasteiger partial charge in [0.15, 0.2) is 0 Å². The van der Waals surface area contributed by atoms with Gasteiger partial charge in [0.05, 0.1) is 5.69 Å². The average Bonchev–Trinajstić information content (AvgIpc) is 2.60. The third-order valence-corrected chi connectivity index (χ3v) is 4.99. The lowest BCUT2D eigenvalue weighted by molar-refractivity contribution is 0.524. The summed E-state index contributed by atoms with van der Waals surface area (Å²) in [6.07, 6.45) is 0. The molecule has 0 aliphatic rings. The Morgan fingerprint density at radius 2 is 1.43 bits per heavy atom. The first kappa shape index (κ1) is 20.5. The molecule has 1 aromatic carbocycles. The molecule has 0 unspecified atom stereocenters. The summed E-state index contributed by atoms with van der Waals surface area (Å²) in [4.78, 5) is 8.88. The van der Waals surface area contributed by atoms with Crippen molar-refractivity contribution in [1.29, 1.82) is 0 Å². The van der Waals surface area contributed by atoms with Crippen molar-refractivity contribution in [1.82, 2.24) is 9.97 Å². The van der Waals surface area contributed by atoms with Crippen LogP contribution in [-0.2, 0) is 10.8 Å². The maximum atomic E-state index is 14.2. The van der Waals surface area contributed by atoms with Crippen molar-refractivity contribution >= 4 is 11.6 Å². The van der Waals surface area contributed by atoms with E-state index in [1.807, 2.05) is 63.2 Å². The Kier molecular flexibility index (Phi) is 5.33. The second-order valence-corrected chi connectivity index (χ2v) is 9.57. The van der Waals surface area contributed by atoms with Gasteiger partial charge < -0.3 is 0 Å². The summed E-state index contributed by atoms with van der Waals surface area (Å²) in [7, 11) is 0. The fraction of sp³-hybridized carbons (Fsp3) is 0.333. The van der Waals surface area contributed by atoms with Crippen molar-refractivity contribution in [3.05, 3.63) is 70.9 Å². The first-order chi connectivity index (χ1) is 12.9. The zero-order valence-corrected chi connectivity index (χ0v) is 18.0. The van der Waals surface area contributed by atoms with Gasteiger partial charge in [-0.05, 0) is 41.5 Å². The molecule has 0 saturated carbocycles. The summed E-state index contributed by atoms with van der Waals surface area (Å²) in [5.74, 6) is -0.480. The van der Waals surface area contributed by atoms with Gasteiger partial charge in [0, 0.05) is 38.9 Å². The summed E-state index contributed by atoms with van der Waals surface area (Å²) >= 11 is 6.49. The van der Waals surface area contributed by atoms with E-state index >= 15 is 0 Å². The van der Waals surface area contributed by atoms with Crippen LogP contribution in [0.4, 0.5) is 4.39 Å². The topological polar surface area (TPSA) is 25.8 Å². The van der Waals surface area contributed by atoms with Gasteiger partial charge in [-0.3, -0.25) is 4.98 Å². The van der Waals surface area contributed by atoms with Gasteiger partial charge in [-0.15, -0.1) is 0 Å². The van der Waals surface area contributed by atoms with Crippen molar-refractivity contribution in [2.24, 2.45) is 0 Å². The predicted octanol–water partition coefficient (Wildman–Crippen LogP) is 7.20. The van der Waals surface area contributed by atoms with Gasteiger partial charge in [0.1, 0.15) is 0 Å². The van der Waals surface area contributed by atoms with Crippen molar-refractivity contribution in [2.45, 2.75) is 52.4 Å². The van der Waals surface area contributed by atoms with Gasteiger partial charge in [0.2, 0.25) is 5.95 Å². The minimum absolute atomic E-state index is 0.0596. The standard InChI is InChI=1S/C24H26ClFN2/c1-23(2,3)20-9-7-8-19(27-20)17-12-15(10-11-18(17)25)16-13-21(24(4,5)6)28-22(26)14-16/h7-14H,1-6H3. The average molecular weight is 397 g/mol. The maximum absolute atomic E-state index is 14.2. The Bertz CT molecular complexity index is 1010. The molecule has 3 aromatic rings. The van der Waals surface area contributed by atoms with Crippen molar-refractivity contribution in [3.63, 3.8) is 0 Å². The fourth-order valence-electron chi connectivity index (χ4n) is 2.95. The van der Waals surface area contributed by atoms with Crippen molar-refractivity contribution in [3.8, 4) is 22.4 Å². The number of aromatic nitrogens is 2. The predicted molar refractivity (Wildman–Crippen MR) is 115 cm³/mol. The zero-order chi connectivity index (χ0) is 20.7. The molecule has 0 N–H and O–H groups in total. The van der Waals surface area contributed by atoms with Gasteiger partial charge >= 0.3 is 0 Å². The van der Waals surface area contributed by atoms with E-state index in [4.69, 9.17) is 16.6 Å². The van der Waals surface area contributed by atoms with E-state index in [0.717, 1.165) is 28.1 Å². The molecule has 0 atom stereocenters. The molecule has 2 heterocycles. The molecule has 4 heteroatoms. The molecule has 2 aromatic heterocycles. The maximum Gasteiger partial charge on any atom is 0.213 e. The van der Waals surface area contributed by atoms with Gasteiger partial charge in [-0.25, -0.2) is 4.98 Å². The van der Waals surface area contributed by atoms with Crippen LogP contribution in [0.3, 0.4) is 0 Å². The Labute approximate surface area is 171 Å². The van der Waals surface area contributed by atoms with Gasteiger partial charge in [0.25, 0.3) is 0 Å². The van der Waals surface area contributed by atoms with E-state index < -0.39 is 5.95 Å². The lowest BCUT2D eigenvalue weighted by atomic mass is 9.89. The highest BCUT2D eigenvalue weighted by Crippen LogP contribution is 2.34. The summed E-state index contributed by atoms with van der Waals surface area (Å²) in [6.45, 7) is 12.5. The van der Waals surface area contributed by atoms with E-state index in [1.54, 1.807) is 0 Å². The molecule has 0 aliphatic carbocycles. The fourth-order valence-corrected chi connectivity index (χ4v) is 3.17. The number of nitrogens with zero attached hydrogens (tertiary/aromatic N) is 2. The molecule has 0 bridgehead atoms. The molecule has 0 fully saturated rings. The van der Waals surface area contributed by atoms with Crippen LogP contribution in [0.15, 0.2) is 48.5 Å². The molecule has 3 rings (SSSR count). The van der Waals surface area contributed by atoms with Crippen LogP contribution in [0.2, 0.25) is 5.02 Å². The van der Waals surface area contributed by atoms with E-state index in [-0.39, 0.29) is 10.8 Å². The molecule has 0 saturated heterocycles. The van der Waals surface area contributed by atoms with Crippen LogP contribution in [-0.4, -0.2) is 9.97 Å². The molecular formula is C24H26ClFN2. The minimum atomic E-state index is -0.480. The second-order valence-electron chi connectivity index (χ2n) is 9.17. The quantitative estimate of drug-likeness (QED) is 0.428. The first-order valence-electron chi connectivity index (χ1n) is 9.41. The van der Waals surface area contributed by atoms with Crippen molar-refractivity contribution < 1.29 is 4.39 Å². The Morgan fingerprint density at radius 1 is 0.750 bits per heavy atom. The highest BCUT2D eigenvalue weighted by atomic mass is 35.5. The zero-order valence-electron chi connectivity index (χ0n) is 17.3. The molecule has 0 spiro atoms. The highest BCUT2D eigenvalue weighted by Gasteiger charge is 2.19. The Morgan fingerprint density at radius 3 is 2.07 bits per heavy atom. The third kappa shape index (κ3) is 4.41. The van der Waals surface area contributed by atoms with Crippen LogP contribution in [0.5, 0.6) is 0 Å². The van der Waals surface area contributed by atoms with Crippen LogP contribution in [0, 0.1) is 5.95 Å². The summed E-state index contributed by atoms with van der Waals surface area (Å²) in [5, 5.41) is 0.618. The normalized spacial score (nSPS) is 12.3. The number of hydrogen-bond acceptors (Lipinski definition) is 2. The molecule has 28 heavy (non-hydrogen) atoms. The second kappa shape index (κ2) is 7.29. The van der Waals surface area contributed by atoms with E-state index in [2.05, 4.69) is 25.8 Å². The highest BCUT2D eigenvalue weighted by molar-refractivity contribution is 6.33. The van der Waals surface area contributed by atoms with Crippen LogP contribution < -0.4 is 0 Å². The molecule has 0 amide bonds. The first-order valence-corrected chi connectivity index (χ1v) is 9.79. The van der Waals surface area contributed by atoms with Crippen molar-refractivity contribution in [2.75, 3.05) is 0 Å². The number of hydrogen-bond donors (Lipinski definition) is 0. The SMILES string of the molecule is CC(C)(C)c1cc(-c2ccc(Cl)c(-c3cccc(C(C)(C)C)n3)c2)cc(F)n1. The number of halogens is 2. The lowest BCUT2D eigenvalue weighted by Gasteiger charge is -2.19. The minimum Gasteiger partial charge on any atom is -0.252 e. The summed E-state index contributed by atoms with van der Waals surface area (Å²) in [6, 6.07) is 15.1. The summed E-state index contributed by atoms with van der Waals surface area (Å²) in [5.41, 5.74) is 4.72. The van der Waals surface area contributed by atoms with Gasteiger partial charge in [-0.1, -0.05) is 65.3 Å². The molecule has 0 radical (unpaired) electrons. The molecule has 146 valence electrons. The number of benzene rings is 1. The molecule has 0 aliphatic heterocycles. The molecule has 2 nitrogen and oxygen atoms in total. The number of rotatable bonds is 2. The Balaban J connectivity index is 2.13. The monoisotopic (exact) mass is 396 g/mol. The Hall–Kier alpha value is -2.26. The van der Waals surface area contributed by atoms with E-state index in [1.165, 1.54) is 6.07 Å². The number of pyridine rings is 2. The van der Waals surface area contributed by atoms with Gasteiger partial charge in [-0.2, -0.15) is 4.39 Å². The summed E-state index contributed by atoms with van der Waals surface area (Å²) < 4.78 is 14.2. The van der Waals surface area contributed by atoms with Crippen LogP contribution >= 0.6 is 11.6 Å². The van der Waals surface area contributed by atoms with Crippen LogP contribution in [0.25, 0.3) is 22.4 Å². The van der Waals surface area contributed by atoms with Crippen LogP contribution in [0.1, 0.15) is 52.9 Å². The molecular weight excluding hydrogens is 371 g/mol. The largest absolute Gasteiger partial charge is 0.252 e. The van der Waals surface area contributed by atoms with E-state index in [0.29, 0.717) is 10.7 Å².